The third-order valence-electron chi connectivity index (χ3n) is 7.09. The summed E-state index contributed by atoms with van der Waals surface area (Å²) in [6.07, 6.45) is 9.27. The number of rotatable bonds is 6. The van der Waals surface area contributed by atoms with Crippen LogP contribution < -0.4 is 9.47 Å². The molecule has 31 heavy (non-hydrogen) atoms. The maximum Gasteiger partial charge on any atom is 0.222 e. The molecule has 6 nitrogen and oxygen atoms in total. The molecule has 1 aromatic carbocycles. The third kappa shape index (κ3) is 5.92. The fourth-order valence-corrected chi connectivity index (χ4v) is 5.12. The van der Waals surface area contributed by atoms with E-state index >= 15 is 0 Å². The van der Waals surface area contributed by atoms with Crippen LogP contribution in [-0.4, -0.2) is 61.0 Å². The zero-order chi connectivity index (χ0) is 21.6. The van der Waals surface area contributed by atoms with Crippen LogP contribution in [0.15, 0.2) is 24.3 Å². The summed E-state index contributed by atoms with van der Waals surface area (Å²) in [4.78, 5) is 29.2. The molecule has 1 unspecified atom stereocenters. The van der Waals surface area contributed by atoms with Gasteiger partial charge in [0.05, 0.1) is 6.54 Å². The summed E-state index contributed by atoms with van der Waals surface area (Å²) in [5.74, 6) is 2.92. The topological polar surface area (TPSA) is 59.1 Å². The minimum Gasteiger partial charge on any atom is -0.486 e. The van der Waals surface area contributed by atoms with E-state index in [1.807, 2.05) is 36.2 Å². The zero-order valence-electron chi connectivity index (χ0n) is 18.8. The summed E-state index contributed by atoms with van der Waals surface area (Å²) in [5, 5.41) is 0. The highest BCUT2D eigenvalue weighted by Crippen LogP contribution is 2.31. The summed E-state index contributed by atoms with van der Waals surface area (Å²) in [7, 11) is 1.84. The predicted octanol–water partition coefficient (Wildman–Crippen LogP) is 3.88. The van der Waals surface area contributed by atoms with Crippen molar-refractivity contribution in [3.63, 3.8) is 0 Å². The van der Waals surface area contributed by atoms with E-state index < -0.39 is 0 Å². The van der Waals surface area contributed by atoms with E-state index in [1.54, 1.807) is 4.90 Å². The predicted molar refractivity (Wildman–Crippen MR) is 119 cm³/mol. The molecule has 3 aliphatic rings. The molecular formula is C25H36N2O4. The number of piperidine rings is 1. The second-order valence-electron chi connectivity index (χ2n) is 9.51. The van der Waals surface area contributed by atoms with Crippen molar-refractivity contribution in [3.8, 4) is 11.5 Å². The van der Waals surface area contributed by atoms with E-state index in [1.165, 1.54) is 32.1 Å². The molecule has 1 atom stereocenters. The van der Waals surface area contributed by atoms with E-state index in [9.17, 15) is 9.59 Å². The van der Waals surface area contributed by atoms with Crippen LogP contribution in [0.1, 0.15) is 57.8 Å². The summed E-state index contributed by atoms with van der Waals surface area (Å²) in [6.45, 7) is 2.56. The van der Waals surface area contributed by atoms with Gasteiger partial charge in [0.1, 0.15) is 6.61 Å². The number of benzene rings is 1. The maximum atomic E-state index is 12.8. The summed E-state index contributed by atoms with van der Waals surface area (Å²) >= 11 is 0. The number of nitrogens with zero attached hydrogens (tertiary/aromatic N) is 2. The first-order valence-electron chi connectivity index (χ1n) is 12.0. The lowest BCUT2D eigenvalue weighted by Gasteiger charge is -2.34. The van der Waals surface area contributed by atoms with Gasteiger partial charge in [-0.25, -0.2) is 0 Å². The van der Waals surface area contributed by atoms with Crippen LogP contribution in [0.2, 0.25) is 0 Å². The number of hydrogen-bond acceptors (Lipinski definition) is 4. The Morgan fingerprint density at radius 3 is 2.39 bits per heavy atom. The lowest BCUT2D eigenvalue weighted by Crippen LogP contribution is -2.43. The number of ether oxygens (including phenoxy) is 2. The number of likely N-dealkylation sites (tertiary alicyclic amines) is 1. The second kappa shape index (κ2) is 10.4. The Morgan fingerprint density at radius 1 is 0.968 bits per heavy atom. The molecule has 1 saturated heterocycles. The molecule has 4 rings (SSSR count). The standard InChI is InChI=1S/C25H36N2O4/c1-26(17-21-18-30-22-9-5-6-10-23(22)31-21)24(28)15-20-11-13-27(14-12-20)25(29)16-19-7-3-2-4-8-19/h5-6,9-10,19-21H,2-4,7-8,11-18H2,1H3. The molecule has 0 radical (unpaired) electrons. The Morgan fingerprint density at radius 2 is 1.65 bits per heavy atom. The van der Waals surface area contributed by atoms with E-state index in [0.29, 0.717) is 37.3 Å². The van der Waals surface area contributed by atoms with Gasteiger partial charge in [0, 0.05) is 33.0 Å². The Hall–Kier alpha value is -2.24. The molecule has 0 N–H and O–H groups in total. The van der Waals surface area contributed by atoms with E-state index in [-0.39, 0.29) is 12.0 Å². The van der Waals surface area contributed by atoms with Gasteiger partial charge in [-0.2, -0.15) is 0 Å². The molecule has 0 bridgehead atoms. The minimum atomic E-state index is -0.150. The first-order chi connectivity index (χ1) is 15.1. The molecule has 0 spiro atoms. The average molecular weight is 429 g/mol. The van der Waals surface area contributed by atoms with Crippen molar-refractivity contribution >= 4 is 11.8 Å². The van der Waals surface area contributed by atoms with Crippen LogP contribution in [0.3, 0.4) is 0 Å². The number of carbonyl (C=O) groups excluding carboxylic acids is 2. The van der Waals surface area contributed by atoms with Crippen LogP contribution in [-0.2, 0) is 9.59 Å². The van der Waals surface area contributed by atoms with Gasteiger partial charge >= 0.3 is 0 Å². The Balaban J connectivity index is 1.17. The highest BCUT2D eigenvalue weighted by molar-refractivity contribution is 5.77. The molecule has 1 aromatic rings. The van der Waals surface area contributed by atoms with Crippen molar-refractivity contribution in [2.45, 2.75) is 63.9 Å². The third-order valence-corrected chi connectivity index (χ3v) is 7.09. The smallest absolute Gasteiger partial charge is 0.222 e. The number of amides is 2. The molecule has 1 aliphatic carbocycles. The van der Waals surface area contributed by atoms with Crippen molar-refractivity contribution in [2.75, 3.05) is 33.3 Å². The van der Waals surface area contributed by atoms with Crippen LogP contribution >= 0.6 is 0 Å². The molecule has 6 heteroatoms. The van der Waals surface area contributed by atoms with Crippen molar-refractivity contribution in [2.24, 2.45) is 11.8 Å². The Labute approximate surface area is 185 Å². The van der Waals surface area contributed by atoms with Crippen molar-refractivity contribution < 1.29 is 19.1 Å². The van der Waals surface area contributed by atoms with Crippen LogP contribution in [0.5, 0.6) is 11.5 Å². The maximum absolute atomic E-state index is 12.8. The highest BCUT2D eigenvalue weighted by Gasteiger charge is 2.28. The Kier molecular flexibility index (Phi) is 7.36. The van der Waals surface area contributed by atoms with Crippen LogP contribution in [0.25, 0.3) is 0 Å². The summed E-state index contributed by atoms with van der Waals surface area (Å²) in [5.41, 5.74) is 0. The van der Waals surface area contributed by atoms with E-state index in [4.69, 9.17) is 9.47 Å². The largest absolute Gasteiger partial charge is 0.486 e. The van der Waals surface area contributed by atoms with Crippen LogP contribution in [0.4, 0.5) is 0 Å². The molecule has 1 saturated carbocycles. The number of para-hydroxylation sites is 2. The van der Waals surface area contributed by atoms with E-state index in [0.717, 1.165) is 43.9 Å². The first kappa shape index (κ1) is 22.0. The fourth-order valence-electron chi connectivity index (χ4n) is 5.12. The van der Waals surface area contributed by atoms with Gasteiger partial charge in [-0.05, 0) is 49.7 Å². The first-order valence-corrected chi connectivity index (χ1v) is 12.0. The van der Waals surface area contributed by atoms with Crippen molar-refractivity contribution in [1.82, 2.24) is 9.80 Å². The van der Waals surface area contributed by atoms with Gasteiger partial charge in [-0.15, -0.1) is 0 Å². The average Bonchev–Trinajstić information content (AvgIpc) is 2.80. The van der Waals surface area contributed by atoms with Crippen LogP contribution in [0, 0.1) is 11.8 Å². The second-order valence-corrected chi connectivity index (χ2v) is 9.51. The zero-order valence-corrected chi connectivity index (χ0v) is 18.8. The Bertz CT molecular complexity index is 754. The number of likely N-dealkylation sites (N-methyl/N-ethyl adjacent to an activating group) is 1. The monoisotopic (exact) mass is 428 g/mol. The quantitative estimate of drug-likeness (QED) is 0.690. The molecular weight excluding hydrogens is 392 g/mol. The number of hydrogen-bond donors (Lipinski definition) is 0. The number of carbonyl (C=O) groups is 2. The van der Waals surface area contributed by atoms with Gasteiger partial charge < -0.3 is 19.3 Å². The lowest BCUT2D eigenvalue weighted by atomic mass is 9.86. The molecule has 2 amide bonds. The number of fused-ring (bicyclic) bond motifs is 1. The normalized spacial score (nSPS) is 22.2. The molecule has 2 aliphatic heterocycles. The van der Waals surface area contributed by atoms with Gasteiger partial charge in [0.15, 0.2) is 17.6 Å². The molecule has 170 valence electrons. The minimum absolute atomic E-state index is 0.148. The van der Waals surface area contributed by atoms with Gasteiger partial charge in [0.25, 0.3) is 0 Å². The summed E-state index contributed by atoms with van der Waals surface area (Å²) < 4.78 is 11.7. The molecule has 0 aromatic heterocycles. The van der Waals surface area contributed by atoms with Gasteiger partial charge in [0.2, 0.25) is 11.8 Å². The molecule has 2 heterocycles. The van der Waals surface area contributed by atoms with Crippen molar-refractivity contribution in [1.29, 1.82) is 0 Å². The lowest BCUT2D eigenvalue weighted by molar-refractivity contribution is -0.135. The van der Waals surface area contributed by atoms with Gasteiger partial charge in [-0.1, -0.05) is 31.4 Å². The SMILES string of the molecule is CN(CC1COc2ccccc2O1)C(=O)CC1CCN(C(=O)CC2CCCCC2)CC1. The fraction of sp³-hybridized carbons (Fsp3) is 0.680. The van der Waals surface area contributed by atoms with Gasteiger partial charge in [-0.3, -0.25) is 9.59 Å². The van der Waals surface area contributed by atoms with Crippen molar-refractivity contribution in [3.05, 3.63) is 24.3 Å². The summed E-state index contributed by atoms with van der Waals surface area (Å²) in [6, 6.07) is 7.64. The van der Waals surface area contributed by atoms with E-state index in [2.05, 4.69) is 0 Å². The molecule has 2 fully saturated rings. The highest BCUT2D eigenvalue weighted by atomic mass is 16.6.